The minimum atomic E-state index is -1.06. The van der Waals surface area contributed by atoms with Gasteiger partial charge >= 0.3 is 29.6 Å². The Labute approximate surface area is 91.7 Å². The summed E-state index contributed by atoms with van der Waals surface area (Å²) in [4.78, 5) is 12.7. The van der Waals surface area contributed by atoms with Crippen LogP contribution in [0.25, 0.3) is 0 Å². The van der Waals surface area contributed by atoms with Crippen LogP contribution in [0, 0.1) is 0 Å². The third-order valence-corrected chi connectivity index (χ3v) is 0.997. The van der Waals surface area contributed by atoms with Crippen molar-refractivity contribution < 1.29 is 50.4 Å². The Hall–Kier alpha value is -0.330. The molecule has 0 saturated heterocycles. The Morgan fingerprint density at radius 2 is 2.08 bits per heavy atom. The van der Waals surface area contributed by atoms with Crippen molar-refractivity contribution in [2.75, 3.05) is 0 Å². The third kappa shape index (κ3) is 6.38. The van der Waals surface area contributed by atoms with Crippen LogP contribution in [0.15, 0.2) is 18.3 Å². The van der Waals surface area contributed by atoms with Crippen LogP contribution in [-0.2, 0) is 11.2 Å². The predicted octanol–water partition coefficient (Wildman–Crippen LogP) is -5.34. The van der Waals surface area contributed by atoms with Crippen LogP contribution < -0.4 is 34.7 Å². The van der Waals surface area contributed by atoms with Crippen molar-refractivity contribution >= 4 is 5.97 Å². The fourth-order valence-electron chi connectivity index (χ4n) is 0.633. The summed E-state index contributed by atoms with van der Waals surface area (Å²) in [5.41, 5.74) is 0.676. The average Bonchev–Trinajstić information content (AvgIpc) is 2.15. The van der Waals surface area contributed by atoms with Crippen LogP contribution in [0.3, 0.4) is 0 Å². The molecule has 1 aromatic rings. The van der Waals surface area contributed by atoms with Gasteiger partial charge < -0.3 is 25.8 Å². The van der Waals surface area contributed by atoms with Gasteiger partial charge in [-0.15, -0.1) is 0 Å². The minimum Gasteiger partial charge on any atom is -0.550 e. The van der Waals surface area contributed by atoms with Gasteiger partial charge in [0.05, 0.1) is 0 Å². The Kier molecular flexibility index (Phi) is 12.9. The number of carbonyl (C=O) groups excluding carboxylic acids is 1. The molecule has 12 heavy (non-hydrogen) atoms. The van der Waals surface area contributed by atoms with Crippen molar-refractivity contribution in [3.8, 4) is 0 Å². The van der Waals surface area contributed by atoms with Gasteiger partial charge in [0.15, 0.2) is 0 Å². The molecule has 1 heterocycles. The van der Waals surface area contributed by atoms with Crippen molar-refractivity contribution in [3.05, 3.63) is 24.0 Å². The summed E-state index contributed by atoms with van der Waals surface area (Å²) < 4.78 is 0. The number of rotatable bonds is 2. The molecule has 1 rings (SSSR count). The van der Waals surface area contributed by atoms with Crippen LogP contribution in [0.5, 0.6) is 0 Å². The topological polar surface area (TPSA) is 119 Å². The molecule has 0 atom stereocenters. The second-order valence-corrected chi connectivity index (χ2v) is 1.74. The Morgan fingerprint density at radius 3 is 2.42 bits per heavy atom. The third-order valence-electron chi connectivity index (χ3n) is 0.997. The smallest absolute Gasteiger partial charge is 0.550 e. The van der Waals surface area contributed by atoms with Crippen LogP contribution in [0.1, 0.15) is 5.69 Å². The number of aliphatic carboxylic acids is 1. The number of nitrogens with one attached hydrogen (secondary N) is 1. The van der Waals surface area contributed by atoms with E-state index in [-0.39, 0.29) is 46.9 Å². The number of carboxylic acid groups (broad SMARTS) is 1. The normalized spacial score (nSPS) is 7.00. The number of carbonyl (C=O) groups is 1. The van der Waals surface area contributed by atoms with E-state index in [1.807, 2.05) is 0 Å². The van der Waals surface area contributed by atoms with Gasteiger partial charge in [-0.05, 0) is 12.1 Å². The molecule has 64 valence electrons. The zero-order valence-corrected chi connectivity index (χ0v) is 8.76. The van der Waals surface area contributed by atoms with Crippen LogP contribution in [0.4, 0.5) is 0 Å². The standard InChI is InChI=1S/C6H7NO2.Na.2H2O/c8-6(9)4-5-2-1-3-7-5;;;/h1-3,7H,4H2,(H,8,9);;2*1H2/q;+1;;/p-1. The molecule has 5 nitrogen and oxygen atoms in total. The van der Waals surface area contributed by atoms with E-state index in [0.717, 1.165) is 0 Å². The minimum absolute atomic E-state index is 0. The van der Waals surface area contributed by atoms with Crippen molar-refractivity contribution in [2.24, 2.45) is 0 Å². The first-order chi connectivity index (χ1) is 4.29. The first-order valence-electron chi connectivity index (χ1n) is 2.61. The van der Waals surface area contributed by atoms with E-state index in [2.05, 4.69) is 4.98 Å². The van der Waals surface area contributed by atoms with E-state index < -0.39 is 5.97 Å². The molecular weight excluding hydrogens is 173 g/mol. The summed E-state index contributed by atoms with van der Waals surface area (Å²) in [6.07, 6.45) is 1.64. The van der Waals surface area contributed by atoms with E-state index in [9.17, 15) is 9.90 Å². The molecule has 5 N–H and O–H groups in total. The SMILES string of the molecule is O.O.O=C([O-])Cc1ccc[nH]1.[Na+]. The van der Waals surface area contributed by atoms with Gasteiger partial charge in [0.2, 0.25) is 0 Å². The van der Waals surface area contributed by atoms with Crippen molar-refractivity contribution in [1.82, 2.24) is 4.98 Å². The maximum atomic E-state index is 9.94. The van der Waals surface area contributed by atoms with Crippen LogP contribution in [-0.4, -0.2) is 21.9 Å². The van der Waals surface area contributed by atoms with Crippen molar-refractivity contribution in [2.45, 2.75) is 6.42 Å². The molecule has 0 aliphatic carbocycles. The zero-order chi connectivity index (χ0) is 6.69. The van der Waals surface area contributed by atoms with Gasteiger partial charge in [0.25, 0.3) is 0 Å². The predicted molar refractivity (Wildman–Crippen MR) is 36.7 cm³/mol. The molecule has 0 aromatic carbocycles. The molecule has 6 heteroatoms. The van der Waals surface area contributed by atoms with E-state index in [0.29, 0.717) is 5.69 Å². The second-order valence-electron chi connectivity index (χ2n) is 1.74. The quantitative estimate of drug-likeness (QED) is 0.460. The van der Waals surface area contributed by atoms with Crippen molar-refractivity contribution in [3.63, 3.8) is 0 Å². The molecule has 0 bridgehead atoms. The molecule has 0 aliphatic rings. The van der Waals surface area contributed by atoms with Crippen molar-refractivity contribution in [1.29, 1.82) is 0 Å². The summed E-state index contributed by atoms with van der Waals surface area (Å²) in [6, 6.07) is 3.45. The number of H-pyrrole nitrogens is 1. The van der Waals surface area contributed by atoms with E-state index in [1.165, 1.54) is 0 Å². The van der Waals surface area contributed by atoms with Gasteiger partial charge in [-0.2, -0.15) is 0 Å². The summed E-state index contributed by atoms with van der Waals surface area (Å²) in [5.74, 6) is -1.06. The van der Waals surface area contributed by atoms with Gasteiger partial charge in [-0.1, -0.05) is 0 Å². The monoisotopic (exact) mass is 183 g/mol. The number of carboxylic acids is 1. The number of hydrogen-bond acceptors (Lipinski definition) is 2. The second kappa shape index (κ2) is 8.76. The molecule has 0 spiro atoms. The van der Waals surface area contributed by atoms with Gasteiger partial charge in [-0.25, -0.2) is 0 Å². The molecular formula is C6H10NNaO4. The average molecular weight is 183 g/mol. The maximum absolute atomic E-state index is 9.94. The van der Waals surface area contributed by atoms with Gasteiger partial charge in [0.1, 0.15) is 0 Å². The number of aromatic nitrogens is 1. The molecule has 1 aromatic heterocycles. The Bertz CT molecular complexity index is 199. The fourth-order valence-corrected chi connectivity index (χ4v) is 0.633. The molecule has 0 radical (unpaired) electrons. The number of hydrogen-bond donors (Lipinski definition) is 1. The largest absolute Gasteiger partial charge is 1.00 e. The van der Waals surface area contributed by atoms with Gasteiger partial charge in [-0.3, -0.25) is 0 Å². The molecule has 0 fully saturated rings. The molecule has 0 amide bonds. The summed E-state index contributed by atoms with van der Waals surface area (Å²) in [7, 11) is 0. The van der Waals surface area contributed by atoms with Crippen LogP contribution in [0.2, 0.25) is 0 Å². The Morgan fingerprint density at radius 1 is 1.50 bits per heavy atom. The summed E-state index contributed by atoms with van der Waals surface area (Å²) in [6.45, 7) is 0. The van der Waals surface area contributed by atoms with E-state index >= 15 is 0 Å². The zero-order valence-electron chi connectivity index (χ0n) is 6.76. The fraction of sp³-hybridized carbons (Fsp3) is 0.167. The van der Waals surface area contributed by atoms with E-state index in [4.69, 9.17) is 0 Å². The van der Waals surface area contributed by atoms with E-state index in [1.54, 1.807) is 18.3 Å². The number of aromatic amines is 1. The van der Waals surface area contributed by atoms with Crippen LogP contribution >= 0.6 is 0 Å². The maximum Gasteiger partial charge on any atom is 1.00 e. The Balaban J connectivity index is -0.000000270. The first kappa shape index (κ1) is 17.7. The van der Waals surface area contributed by atoms with Gasteiger partial charge in [0, 0.05) is 24.3 Å². The first-order valence-corrected chi connectivity index (χ1v) is 2.61. The summed E-state index contributed by atoms with van der Waals surface area (Å²) in [5, 5.41) is 9.94. The molecule has 0 saturated carbocycles. The molecule has 0 aliphatic heterocycles. The molecule has 0 unspecified atom stereocenters. The summed E-state index contributed by atoms with van der Waals surface area (Å²) >= 11 is 0.